The lowest BCUT2D eigenvalue weighted by atomic mass is 9.85. The fourth-order valence-corrected chi connectivity index (χ4v) is 10.0. The number of carbonyl (C=O) groups excluding carboxylic acids is 3. The topological polar surface area (TPSA) is 126 Å². The van der Waals surface area contributed by atoms with Crippen LogP contribution >= 0.6 is 0 Å². The minimum absolute atomic E-state index is 0.0664. The van der Waals surface area contributed by atoms with Crippen LogP contribution in [0.4, 0.5) is 4.79 Å². The molecule has 0 aliphatic carbocycles. The molecule has 0 fully saturated rings. The zero-order valence-electron chi connectivity index (χ0n) is 28.3. The van der Waals surface area contributed by atoms with Gasteiger partial charge in [0.2, 0.25) is 5.60 Å². The molecule has 1 N–H and O–H groups in total. The third-order valence-electron chi connectivity index (χ3n) is 9.20. The highest BCUT2D eigenvalue weighted by Crippen LogP contribution is 2.41. The Labute approximate surface area is 280 Å². The van der Waals surface area contributed by atoms with Gasteiger partial charge in [0, 0.05) is 29.5 Å². The van der Waals surface area contributed by atoms with Crippen molar-refractivity contribution in [3.8, 4) is 11.4 Å². The Morgan fingerprint density at radius 3 is 2.46 bits per heavy atom. The Kier molecular flexibility index (Phi) is 8.53. The number of carbonyl (C=O) groups is 3. The highest BCUT2D eigenvalue weighted by atomic mass is 28.3. The summed E-state index contributed by atoms with van der Waals surface area (Å²) in [4.78, 5) is 58.0. The molecule has 4 aromatic rings. The van der Waals surface area contributed by atoms with Crippen LogP contribution in [0.3, 0.4) is 0 Å². The molecule has 1 unspecified atom stereocenters. The van der Waals surface area contributed by atoms with E-state index in [0.717, 1.165) is 16.5 Å². The van der Waals surface area contributed by atoms with Crippen molar-refractivity contribution in [3.63, 3.8) is 0 Å². The molecule has 0 radical (unpaired) electrons. The summed E-state index contributed by atoms with van der Waals surface area (Å²) >= 11 is 0. The van der Waals surface area contributed by atoms with Crippen LogP contribution in [-0.4, -0.2) is 47.8 Å². The van der Waals surface area contributed by atoms with Gasteiger partial charge in [-0.1, -0.05) is 73.7 Å². The van der Waals surface area contributed by atoms with E-state index in [0.29, 0.717) is 23.5 Å². The maximum Gasteiger partial charge on any atom is 0.407 e. The Balaban J connectivity index is 1.38. The van der Waals surface area contributed by atoms with Crippen LogP contribution in [-0.2, 0) is 42.6 Å². The van der Waals surface area contributed by atoms with E-state index in [1.54, 1.807) is 38.3 Å². The molecule has 250 valence electrons. The van der Waals surface area contributed by atoms with Gasteiger partial charge < -0.3 is 24.1 Å². The highest BCUT2D eigenvalue weighted by molar-refractivity contribution is 7.02. The fraction of sp³-hybridized carbons (Fsp3) is 0.378. The van der Waals surface area contributed by atoms with Crippen LogP contribution < -0.4 is 21.2 Å². The molecule has 2 aromatic heterocycles. The summed E-state index contributed by atoms with van der Waals surface area (Å²) in [6, 6.07) is 20.3. The standard InChI is InChI=1S/C37H41N3O7Si/c1-7-37(46-30(41)18-13-19-38-35(44)47-36(2,3)4)27-20-29-31-25(21-40(29)33(42)26(27)22-45-34(37)43)32(24-16-11-12-17-28(24)39-31)48(5,6)23-14-9-8-10-15-23/h8-12,14-17,20H,7,13,18-19,21-22H2,1-6H3,(H,38,44). The molecule has 1 amide bonds. The molecule has 48 heavy (non-hydrogen) atoms. The number of hydrogen-bond donors (Lipinski definition) is 1. The number of nitrogens with zero attached hydrogens (tertiary/aromatic N) is 2. The quantitative estimate of drug-likeness (QED) is 0.109. The Morgan fingerprint density at radius 2 is 1.75 bits per heavy atom. The Hall–Kier alpha value is -4.77. The van der Waals surface area contributed by atoms with E-state index in [9.17, 15) is 19.2 Å². The van der Waals surface area contributed by atoms with E-state index in [1.165, 1.54) is 10.4 Å². The first kappa shape index (κ1) is 33.1. The Bertz CT molecular complexity index is 2000. The van der Waals surface area contributed by atoms with Crippen LogP contribution in [0.1, 0.15) is 63.6 Å². The van der Waals surface area contributed by atoms with Crippen molar-refractivity contribution in [1.82, 2.24) is 14.9 Å². The first-order valence-electron chi connectivity index (χ1n) is 16.4. The first-order chi connectivity index (χ1) is 22.8. The molecule has 2 aliphatic rings. The third-order valence-corrected chi connectivity index (χ3v) is 12.8. The maximum atomic E-state index is 14.2. The van der Waals surface area contributed by atoms with Gasteiger partial charge in [0.1, 0.15) is 20.3 Å². The molecule has 4 heterocycles. The number of nitrogens with one attached hydrogen (secondary N) is 1. The van der Waals surface area contributed by atoms with Crippen molar-refractivity contribution in [2.45, 2.75) is 84.4 Å². The van der Waals surface area contributed by atoms with E-state index < -0.39 is 37.3 Å². The minimum Gasteiger partial charge on any atom is -0.457 e. The number of para-hydroxylation sites is 1. The van der Waals surface area contributed by atoms with Crippen molar-refractivity contribution in [2.24, 2.45) is 0 Å². The zero-order valence-corrected chi connectivity index (χ0v) is 29.3. The average Bonchev–Trinajstić information content (AvgIpc) is 3.41. The molecule has 6 rings (SSSR count). The molecule has 0 bridgehead atoms. The fourth-order valence-electron chi connectivity index (χ4n) is 6.88. The second-order valence-corrected chi connectivity index (χ2v) is 18.2. The summed E-state index contributed by atoms with van der Waals surface area (Å²) in [6.07, 6.45) is -0.315. The summed E-state index contributed by atoms with van der Waals surface area (Å²) in [5, 5.41) is 6.17. The van der Waals surface area contributed by atoms with Crippen molar-refractivity contribution in [3.05, 3.63) is 87.7 Å². The SMILES string of the molecule is CCC1(OC(=O)CCCNC(=O)OC(C)(C)C)C(=O)OCc2c1cc1n(c2=O)Cc2c-1nc1ccccc1c2[Si](C)(C)c1ccccc1. The van der Waals surface area contributed by atoms with Gasteiger partial charge in [-0.25, -0.2) is 14.6 Å². The molecular weight excluding hydrogens is 627 g/mol. The first-order valence-corrected chi connectivity index (χ1v) is 19.4. The summed E-state index contributed by atoms with van der Waals surface area (Å²) in [5.74, 6) is -1.36. The Morgan fingerprint density at radius 1 is 1.04 bits per heavy atom. The zero-order chi connectivity index (χ0) is 34.4. The minimum atomic E-state index is -2.31. The van der Waals surface area contributed by atoms with Crippen LogP contribution in [0.2, 0.25) is 13.1 Å². The summed E-state index contributed by atoms with van der Waals surface area (Å²) in [6.45, 7) is 12.0. The van der Waals surface area contributed by atoms with Gasteiger partial charge >= 0.3 is 18.0 Å². The number of rotatable bonds is 8. The normalized spacial score (nSPS) is 16.8. The van der Waals surface area contributed by atoms with Gasteiger partial charge in [0.15, 0.2) is 0 Å². The number of esters is 2. The predicted octanol–water partition coefficient (Wildman–Crippen LogP) is 4.76. The van der Waals surface area contributed by atoms with E-state index >= 15 is 0 Å². The number of ether oxygens (including phenoxy) is 3. The van der Waals surface area contributed by atoms with Crippen molar-refractivity contribution in [1.29, 1.82) is 0 Å². The largest absolute Gasteiger partial charge is 0.457 e. The summed E-state index contributed by atoms with van der Waals surface area (Å²) in [7, 11) is -2.31. The number of benzene rings is 2. The number of cyclic esters (lactones) is 1. The second kappa shape index (κ2) is 12.4. The van der Waals surface area contributed by atoms with Crippen LogP contribution in [0.25, 0.3) is 22.3 Å². The van der Waals surface area contributed by atoms with Gasteiger partial charge in [0.05, 0.1) is 29.0 Å². The molecule has 1 atom stereocenters. The van der Waals surface area contributed by atoms with Gasteiger partial charge in [0.25, 0.3) is 5.56 Å². The van der Waals surface area contributed by atoms with Gasteiger partial charge in [-0.05, 0) is 50.9 Å². The molecule has 10 nitrogen and oxygen atoms in total. The number of hydrogen-bond acceptors (Lipinski definition) is 8. The van der Waals surface area contributed by atoms with E-state index in [-0.39, 0.29) is 43.5 Å². The lowest BCUT2D eigenvalue weighted by Gasteiger charge is -2.35. The number of alkyl carbamates (subject to hydrolysis) is 1. The molecule has 2 aliphatic heterocycles. The average molecular weight is 668 g/mol. The third kappa shape index (κ3) is 5.80. The van der Waals surface area contributed by atoms with Crippen LogP contribution in [0, 0.1) is 0 Å². The number of amides is 1. The van der Waals surface area contributed by atoms with Crippen molar-refractivity contribution >= 4 is 47.4 Å². The molecule has 0 spiro atoms. The van der Waals surface area contributed by atoms with Gasteiger partial charge in [-0.2, -0.15) is 0 Å². The maximum absolute atomic E-state index is 14.2. The molecule has 0 saturated heterocycles. The van der Waals surface area contributed by atoms with Crippen molar-refractivity contribution < 1.29 is 28.6 Å². The molecule has 11 heteroatoms. The number of aromatic nitrogens is 2. The van der Waals surface area contributed by atoms with E-state index in [2.05, 4.69) is 48.7 Å². The molecule has 2 aromatic carbocycles. The monoisotopic (exact) mass is 667 g/mol. The highest BCUT2D eigenvalue weighted by Gasteiger charge is 2.50. The van der Waals surface area contributed by atoms with Crippen molar-refractivity contribution in [2.75, 3.05) is 6.54 Å². The van der Waals surface area contributed by atoms with E-state index in [4.69, 9.17) is 19.2 Å². The summed E-state index contributed by atoms with van der Waals surface area (Å²) < 4.78 is 18.4. The van der Waals surface area contributed by atoms with Gasteiger partial charge in [-0.15, -0.1) is 0 Å². The van der Waals surface area contributed by atoms with Crippen LogP contribution in [0.15, 0.2) is 65.5 Å². The van der Waals surface area contributed by atoms with E-state index in [1.807, 2.05) is 24.3 Å². The second-order valence-electron chi connectivity index (χ2n) is 13.9. The molecular formula is C37H41N3O7Si. The van der Waals surface area contributed by atoms with Crippen LogP contribution in [0.5, 0.6) is 0 Å². The smallest absolute Gasteiger partial charge is 0.407 e. The number of pyridine rings is 2. The van der Waals surface area contributed by atoms with Gasteiger partial charge in [-0.3, -0.25) is 9.59 Å². The predicted molar refractivity (Wildman–Crippen MR) is 185 cm³/mol. The number of fused-ring (bicyclic) bond motifs is 5. The molecule has 0 saturated carbocycles. The lowest BCUT2D eigenvalue weighted by Crippen LogP contribution is -2.54. The lowest BCUT2D eigenvalue weighted by molar-refractivity contribution is -0.189. The summed E-state index contributed by atoms with van der Waals surface area (Å²) in [5.41, 5.74) is 1.00.